The second kappa shape index (κ2) is 7.66. The highest BCUT2D eigenvalue weighted by Crippen LogP contribution is 2.32. The number of fused-ring (bicyclic) bond motifs is 1. The van der Waals surface area contributed by atoms with Gasteiger partial charge in [0.15, 0.2) is 5.54 Å². The van der Waals surface area contributed by atoms with Crippen molar-refractivity contribution in [2.45, 2.75) is 12.1 Å². The lowest BCUT2D eigenvalue weighted by molar-refractivity contribution is -0.124. The van der Waals surface area contributed by atoms with Gasteiger partial charge in [-0.15, -0.1) is 0 Å². The molecule has 0 radical (unpaired) electrons. The Morgan fingerprint density at radius 1 is 1.06 bits per heavy atom. The summed E-state index contributed by atoms with van der Waals surface area (Å²) in [6, 6.07) is 10.6. The normalized spacial score (nSPS) is 19.3. The first-order valence-corrected chi connectivity index (χ1v) is 10.1. The second-order valence-corrected chi connectivity index (χ2v) is 7.81. The van der Waals surface area contributed by atoms with Crippen molar-refractivity contribution in [2.24, 2.45) is 0 Å². The number of imide groups is 1. The number of nitrogens with zero attached hydrogens (tertiary/aromatic N) is 3. The number of methoxy groups -OCH3 is 1. The first-order valence-electron chi connectivity index (χ1n) is 10.1. The molecule has 0 unspecified atom stereocenters. The molecule has 2 N–H and O–H groups in total. The van der Waals surface area contributed by atoms with E-state index in [1.165, 1.54) is 24.1 Å². The summed E-state index contributed by atoms with van der Waals surface area (Å²) in [6.07, 6.45) is 3.22. The standard InChI is InChI=1S/C23H18FN5O4/c1-33-22-25-9-15(10-26-22)13-2-5-16(6-3-13)23(20(31)27-21(32)28-23)12-29-11-14-4-7-17(24)8-18(14)19(29)30/h2-10H,11-12H2,1H3,(H2,27,28,31,32)/t23-/m0/s1. The maximum Gasteiger partial charge on any atom is 0.322 e. The predicted molar refractivity (Wildman–Crippen MR) is 114 cm³/mol. The predicted octanol–water partition coefficient (Wildman–Crippen LogP) is 1.98. The van der Waals surface area contributed by atoms with Crippen LogP contribution in [0.5, 0.6) is 6.01 Å². The summed E-state index contributed by atoms with van der Waals surface area (Å²) in [7, 11) is 1.48. The zero-order chi connectivity index (χ0) is 23.2. The Hall–Kier alpha value is -4.34. The van der Waals surface area contributed by atoms with E-state index in [9.17, 15) is 18.8 Å². The van der Waals surface area contributed by atoms with Gasteiger partial charge in [-0.1, -0.05) is 30.3 Å². The Kier molecular flexibility index (Phi) is 4.77. The Morgan fingerprint density at radius 2 is 1.79 bits per heavy atom. The van der Waals surface area contributed by atoms with Crippen LogP contribution in [0.15, 0.2) is 54.9 Å². The van der Waals surface area contributed by atoms with Crippen LogP contribution in [0.4, 0.5) is 9.18 Å². The number of rotatable bonds is 5. The van der Waals surface area contributed by atoms with Crippen LogP contribution < -0.4 is 15.4 Å². The molecule has 10 heteroatoms. The molecule has 2 aromatic carbocycles. The van der Waals surface area contributed by atoms with E-state index in [0.29, 0.717) is 11.1 Å². The Labute approximate surface area is 187 Å². The number of nitrogens with one attached hydrogen (secondary N) is 2. The Bertz CT molecular complexity index is 1280. The topological polar surface area (TPSA) is 114 Å². The minimum atomic E-state index is -1.48. The summed E-state index contributed by atoms with van der Waals surface area (Å²) >= 11 is 0. The van der Waals surface area contributed by atoms with Crippen LogP contribution in [0.25, 0.3) is 11.1 Å². The third-order valence-electron chi connectivity index (χ3n) is 5.84. The van der Waals surface area contributed by atoms with E-state index >= 15 is 0 Å². The van der Waals surface area contributed by atoms with Crippen molar-refractivity contribution in [1.29, 1.82) is 0 Å². The van der Waals surface area contributed by atoms with Crippen LogP contribution >= 0.6 is 0 Å². The molecule has 33 heavy (non-hydrogen) atoms. The Balaban J connectivity index is 1.46. The van der Waals surface area contributed by atoms with Gasteiger partial charge in [-0.05, 0) is 28.8 Å². The molecular formula is C23H18FN5O4. The number of ether oxygens (including phenoxy) is 1. The fourth-order valence-corrected chi connectivity index (χ4v) is 4.16. The van der Waals surface area contributed by atoms with Gasteiger partial charge in [-0.2, -0.15) is 0 Å². The summed E-state index contributed by atoms with van der Waals surface area (Å²) in [6.45, 7) is 0.102. The van der Waals surface area contributed by atoms with E-state index in [-0.39, 0.29) is 24.7 Å². The van der Waals surface area contributed by atoms with Gasteiger partial charge in [0.1, 0.15) is 5.82 Å². The molecule has 0 aliphatic carbocycles. The highest BCUT2D eigenvalue weighted by atomic mass is 19.1. The molecule has 0 bridgehead atoms. The molecule has 1 fully saturated rings. The van der Waals surface area contributed by atoms with Crippen LogP contribution in [0.2, 0.25) is 0 Å². The van der Waals surface area contributed by atoms with E-state index < -0.39 is 29.2 Å². The number of carbonyl (C=O) groups excluding carboxylic acids is 3. The molecule has 3 aromatic rings. The number of hydrogen-bond acceptors (Lipinski definition) is 6. The van der Waals surface area contributed by atoms with E-state index in [4.69, 9.17) is 4.74 Å². The number of hydrogen-bond donors (Lipinski definition) is 2. The number of urea groups is 1. The molecule has 5 rings (SSSR count). The fourth-order valence-electron chi connectivity index (χ4n) is 4.16. The summed E-state index contributed by atoms with van der Waals surface area (Å²) in [5, 5.41) is 4.95. The zero-order valence-corrected chi connectivity index (χ0v) is 17.5. The third kappa shape index (κ3) is 3.45. The van der Waals surface area contributed by atoms with Crippen LogP contribution in [0.1, 0.15) is 21.5 Å². The smallest absolute Gasteiger partial charge is 0.322 e. The number of halogens is 1. The van der Waals surface area contributed by atoms with E-state index in [1.54, 1.807) is 42.7 Å². The molecule has 9 nitrogen and oxygen atoms in total. The van der Waals surface area contributed by atoms with E-state index in [0.717, 1.165) is 11.1 Å². The fraction of sp³-hybridized carbons (Fsp3) is 0.174. The van der Waals surface area contributed by atoms with Gasteiger partial charge in [0.25, 0.3) is 11.8 Å². The van der Waals surface area contributed by atoms with Crippen molar-refractivity contribution in [2.75, 3.05) is 13.7 Å². The molecule has 3 heterocycles. The molecule has 0 spiro atoms. The summed E-state index contributed by atoms with van der Waals surface area (Å²) in [5.41, 5.74) is 1.46. The van der Waals surface area contributed by atoms with E-state index in [1.807, 2.05) is 0 Å². The van der Waals surface area contributed by atoms with Gasteiger partial charge in [0.05, 0.1) is 13.7 Å². The first kappa shape index (κ1) is 20.6. The summed E-state index contributed by atoms with van der Waals surface area (Å²) in [4.78, 5) is 47.5. The summed E-state index contributed by atoms with van der Waals surface area (Å²) in [5.74, 6) is -1.48. The average Bonchev–Trinajstić information content (AvgIpc) is 3.29. The Morgan fingerprint density at radius 3 is 2.42 bits per heavy atom. The first-order chi connectivity index (χ1) is 15.9. The number of carbonyl (C=O) groups is 3. The van der Waals surface area contributed by atoms with Gasteiger partial charge in [-0.25, -0.2) is 19.2 Å². The van der Waals surface area contributed by atoms with E-state index in [2.05, 4.69) is 20.6 Å². The molecule has 0 saturated carbocycles. The van der Waals surface area contributed by atoms with Crippen molar-refractivity contribution in [3.63, 3.8) is 0 Å². The van der Waals surface area contributed by atoms with Crippen molar-refractivity contribution in [3.05, 3.63) is 77.4 Å². The van der Waals surface area contributed by atoms with Crippen LogP contribution in [-0.2, 0) is 16.9 Å². The monoisotopic (exact) mass is 447 g/mol. The maximum absolute atomic E-state index is 13.6. The van der Waals surface area contributed by atoms with Crippen molar-refractivity contribution in [3.8, 4) is 17.1 Å². The quantitative estimate of drug-likeness (QED) is 0.579. The van der Waals surface area contributed by atoms with Crippen molar-refractivity contribution >= 4 is 17.8 Å². The molecule has 166 valence electrons. The lowest BCUT2D eigenvalue weighted by atomic mass is 9.88. The number of aromatic nitrogens is 2. The molecule has 1 atom stereocenters. The lowest BCUT2D eigenvalue weighted by Crippen LogP contribution is -2.52. The molecule has 2 aliphatic heterocycles. The molecule has 4 amide bonds. The van der Waals surface area contributed by atoms with Crippen molar-refractivity contribution in [1.82, 2.24) is 25.5 Å². The minimum Gasteiger partial charge on any atom is -0.467 e. The van der Waals surface area contributed by atoms with Crippen LogP contribution in [-0.4, -0.2) is 46.4 Å². The molecule has 1 saturated heterocycles. The van der Waals surface area contributed by atoms with Gasteiger partial charge in [0.2, 0.25) is 0 Å². The second-order valence-electron chi connectivity index (χ2n) is 7.81. The van der Waals surface area contributed by atoms with Gasteiger partial charge in [-0.3, -0.25) is 14.9 Å². The maximum atomic E-state index is 13.6. The van der Waals surface area contributed by atoms with Crippen LogP contribution in [0.3, 0.4) is 0 Å². The van der Waals surface area contributed by atoms with Gasteiger partial charge < -0.3 is 15.0 Å². The largest absolute Gasteiger partial charge is 0.467 e. The zero-order valence-electron chi connectivity index (χ0n) is 17.5. The third-order valence-corrected chi connectivity index (χ3v) is 5.84. The average molecular weight is 447 g/mol. The minimum absolute atomic E-state index is 0.106. The highest BCUT2D eigenvalue weighted by Gasteiger charge is 2.50. The van der Waals surface area contributed by atoms with Crippen molar-refractivity contribution < 1.29 is 23.5 Å². The molecule has 1 aromatic heterocycles. The summed E-state index contributed by atoms with van der Waals surface area (Å²) < 4.78 is 18.6. The molecule has 2 aliphatic rings. The SMILES string of the molecule is COc1ncc(-c2ccc([C@]3(CN4Cc5ccc(F)cc5C4=O)NC(=O)NC3=O)cc2)cn1. The highest BCUT2D eigenvalue weighted by molar-refractivity contribution is 6.08. The lowest BCUT2D eigenvalue weighted by Gasteiger charge is -2.31. The number of benzene rings is 2. The molecular weight excluding hydrogens is 429 g/mol. The van der Waals surface area contributed by atoms with Crippen LogP contribution in [0, 0.1) is 5.82 Å². The van der Waals surface area contributed by atoms with Gasteiger partial charge >= 0.3 is 12.0 Å². The van der Waals surface area contributed by atoms with Gasteiger partial charge in [0, 0.05) is 30.1 Å². The number of amides is 4.